The van der Waals surface area contributed by atoms with E-state index in [0.29, 0.717) is 30.9 Å². The molecule has 9 nitrogen and oxygen atoms in total. The Labute approximate surface area is 199 Å². The molecule has 3 amide bonds. The lowest BCUT2D eigenvalue weighted by molar-refractivity contribution is -0.139. The molecule has 0 fully saturated rings. The highest BCUT2D eigenvalue weighted by Crippen LogP contribution is 2.17. The van der Waals surface area contributed by atoms with E-state index >= 15 is 0 Å². The van der Waals surface area contributed by atoms with Gasteiger partial charge in [-0.05, 0) is 50.5 Å². The smallest absolute Gasteiger partial charge is 0.329 e. The Morgan fingerprint density at radius 2 is 1.76 bits per heavy atom. The zero-order valence-electron chi connectivity index (χ0n) is 19.8. The summed E-state index contributed by atoms with van der Waals surface area (Å²) in [5.41, 5.74) is 4.50. The fourth-order valence-corrected chi connectivity index (χ4v) is 2.88. The molecular formula is C25H32N4O5. The van der Waals surface area contributed by atoms with Crippen LogP contribution in [0.5, 0.6) is 5.75 Å². The molecule has 2 rings (SSSR count). The third-order valence-corrected chi connectivity index (χ3v) is 4.58. The quantitative estimate of drug-likeness (QED) is 0.192. The molecule has 0 aromatic heterocycles. The summed E-state index contributed by atoms with van der Waals surface area (Å²) in [5, 5.41) is 9.17. The number of benzene rings is 2. The van der Waals surface area contributed by atoms with E-state index in [4.69, 9.17) is 9.47 Å². The van der Waals surface area contributed by atoms with Crippen molar-refractivity contribution in [2.24, 2.45) is 5.10 Å². The standard InChI is InChI=1S/C25H32N4O5/c1-4-19-10-5-7-12-21(19)28-23(30)17-34-22-13-8-6-11-20(22)16-27-29-25(32)24(31)26-14-9-15-33-18(2)3/h5-8,10-13,16,18H,4,9,14-15,17H2,1-3H3,(H,26,31)(H,28,30)(H,29,32)/b27-16-. The minimum Gasteiger partial charge on any atom is -0.483 e. The van der Waals surface area contributed by atoms with Crippen molar-refractivity contribution in [2.45, 2.75) is 39.7 Å². The van der Waals surface area contributed by atoms with Gasteiger partial charge < -0.3 is 20.1 Å². The number of aryl methyl sites for hydroxylation is 1. The van der Waals surface area contributed by atoms with Crippen molar-refractivity contribution in [3.8, 4) is 5.75 Å². The predicted octanol–water partition coefficient (Wildman–Crippen LogP) is 2.65. The molecule has 0 bridgehead atoms. The number of rotatable bonds is 12. The van der Waals surface area contributed by atoms with Gasteiger partial charge in [-0.3, -0.25) is 14.4 Å². The highest BCUT2D eigenvalue weighted by molar-refractivity contribution is 6.35. The van der Waals surface area contributed by atoms with Crippen molar-refractivity contribution < 1.29 is 23.9 Å². The van der Waals surface area contributed by atoms with E-state index in [-0.39, 0.29) is 18.6 Å². The van der Waals surface area contributed by atoms with E-state index in [9.17, 15) is 14.4 Å². The van der Waals surface area contributed by atoms with Gasteiger partial charge in [0.1, 0.15) is 5.75 Å². The first-order valence-corrected chi connectivity index (χ1v) is 11.2. The van der Waals surface area contributed by atoms with Gasteiger partial charge in [0.25, 0.3) is 5.91 Å². The van der Waals surface area contributed by atoms with Crippen LogP contribution in [0.15, 0.2) is 53.6 Å². The lowest BCUT2D eigenvalue weighted by Crippen LogP contribution is -2.38. The summed E-state index contributed by atoms with van der Waals surface area (Å²) in [6, 6.07) is 14.5. The SMILES string of the molecule is CCc1ccccc1NC(=O)COc1ccccc1/C=N\NC(=O)C(=O)NCCCOC(C)C. The second kappa shape index (κ2) is 14.4. The van der Waals surface area contributed by atoms with Crippen LogP contribution in [0.3, 0.4) is 0 Å². The number of carbonyl (C=O) groups is 3. The molecule has 0 spiro atoms. The summed E-state index contributed by atoms with van der Waals surface area (Å²) in [6.45, 7) is 6.49. The monoisotopic (exact) mass is 468 g/mol. The molecule has 9 heteroatoms. The first kappa shape index (κ1) is 26.5. The van der Waals surface area contributed by atoms with Crippen LogP contribution in [0.25, 0.3) is 0 Å². The van der Waals surface area contributed by atoms with Crippen molar-refractivity contribution in [3.63, 3.8) is 0 Å². The molecule has 3 N–H and O–H groups in total. The van der Waals surface area contributed by atoms with Crippen LogP contribution in [0.1, 0.15) is 38.3 Å². The number of nitrogens with one attached hydrogen (secondary N) is 3. The molecule has 0 unspecified atom stereocenters. The molecule has 2 aromatic rings. The molecule has 0 aliphatic heterocycles. The van der Waals surface area contributed by atoms with Crippen LogP contribution < -0.4 is 20.8 Å². The maximum absolute atomic E-state index is 12.3. The molecule has 0 heterocycles. The first-order valence-electron chi connectivity index (χ1n) is 11.2. The normalized spacial score (nSPS) is 10.8. The molecule has 0 aliphatic rings. The Morgan fingerprint density at radius 1 is 1.03 bits per heavy atom. The number of hydrogen-bond acceptors (Lipinski definition) is 6. The molecule has 2 aromatic carbocycles. The number of para-hydroxylation sites is 2. The van der Waals surface area contributed by atoms with Gasteiger partial charge in [0.05, 0.1) is 12.3 Å². The number of ether oxygens (including phenoxy) is 2. The summed E-state index contributed by atoms with van der Waals surface area (Å²) < 4.78 is 11.0. The van der Waals surface area contributed by atoms with Crippen molar-refractivity contribution in [1.82, 2.24) is 10.7 Å². The van der Waals surface area contributed by atoms with Crippen LogP contribution >= 0.6 is 0 Å². The average Bonchev–Trinajstić information content (AvgIpc) is 2.83. The van der Waals surface area contributed by atoms with Gasteiger partial charge in [0.2, 0.25) is 0 Å². The molecule has 0 atom stereocenters. The summed E-state index contributed by atoms with van der Waals surface area (Å²) in [4.78, 5) is 36.0. The Morgan fingerprint density at radius 3 is 2.53 bits per heavy atom. The number of nitrogens with zero attached hydrogens (tertiary/aromatic N) is 1. The van der Waals surface area contributed by atoms with Crippen molar-refractivity contribution in [3.05, 3.63) is 59.7 Å². The number of amides is 3. The Hall–Kier alpha value is -3.72. The van der Waals surface area contributed by atoms with E-state index < -0.39 is 11.8 Å². The van der Waals surface area contributed by atoms with E-state index in [2.05, 4.69) is 21.2 Å². The number of anilines is 1. The number of hydrazone groups is 1. The van der Waals surface area contributed by atoms with Crippen molar-refractivity contribution in [1.29, 1.82) is 0 Å². The second-order valence-electron chi connectivity index (χ2n) is 7.61. The molecule has 0 saturated heterocycles. The van der Waals surface area contributed by atoms with E-state index in [1.807, 2.05) is 45.0 Å². The van der Waals surface area contributed by atoms with Crippen LogP contribution in [0.4, 0.5) is 5.69 Å². The van der Waals surface area contributed by atoms with Crippen LogP contribution in [0, 0.1) is 0 Å². The summed E-state index contributed by atoms with van der Waals surface area (Å²) >= 11 is 0. The fraction of sp³-hybridized carbons (Fsp3) is 0.360. The van der Waals surface area contributed by atoms with Gasteiger partial charge in [0.15, 0.2) is 6.61 Å². The molecule has 0 radical (unpaired) electrons. The molecular weight excluding hydrogens is 436 g/mol. The zero-order chi connectivity index (χ0) is 24.8. The number of hydrogen-bond donors (Lipinski definition) is 3. The maximum atomic E-state index is 12.3. The van der Waals surface area contributed by atoms with Gasteiger partial charge >= 0.3 is 11.8 Å². The zero-order valence-corrected chi connectivity index (χ0v) is 19.8. The minimum absolute atomic E-state index is 0.118. The predicted molar refractivity (Wildman–Crippen MR) is 131 cm³/mol. The lowest BCUT2D eigenvalue weighted by Gasteiger charge is -2.11. The van der Waals surface area contributed by atoms with Gasteiger partial charge in [0, 0.05) is 24.4 Å². The van der Waals surface area contributed by atoms with Gasteiger partial charge in [-0.2, -0.15) is 5.10 Å². The van der Waals surface area contributed by atoms with Crippen LogP contribution in [0.2, 0.25) is 0 Å². The van der Waals surface area contributed by atoms with E-state index in [0.717, 1.165) is 17.7 Å². The largest absolute Gasteiger partial charge is 0.483 e. The van der Waals surface area contributed by atoms with E-state index in [1.54, 1.807) is 24.3 Å². The lowest BCUT2D eigenvalue weighted by atomic mass is 10.1. The summed E-state index contributed by atoms with van der Waals surface area (Å²) in [7, 11) is 0. The molecule has 0 aliphatic carbocycles. The highest BCUT2D eigenvalue weighted by atomic mass is 16.5. The average molecular weight is 469 g/mol. The highest BCUT2D eigenvalue weighted by Gasteiger charge is 2.12. The Bertz CT molecular complexity index is 991. The minimum atomic E-state index is -0.881. The molecule has 34 heavy (non-hydrogen) atoms. The Kier molecular flexibility index (Phi) is 11.3. The summed E-state index contributed by atoms with van der Waals surface area (Å²) in [6.07, 6.45) is 2.86. The van der Waals surface area contributed by atoms with E-state index in [1.165, 1.54) is 6.21 Å². The van der Waals surface area contributed by atoms with Crippen molar-refractivity contribution >= 4 is 29.6 Å². The second-order valence-corrected chi connectivity index (χ2v) is 7.61. The van der Waals surface area contributed by atoms with Crippen LogP contribution in [-0.2, 0) is 25.5 Å². The first-order chi connectivity index (χ1) is 16.4. The van der Waals surface area contributed by atoms with Crippen LogP contribution in [-0.4, -0.2) is 49.8 Å². The third kappa shape index (κ3) is 9.41. The third-order valence-electron chi connectivity index (χ3n) is 4.58. The van der Waals surface area contributed by atoms with Gasteiger partial charge in [-0.25, -0.2) is 5.43 Å². The fourth-order valence-electron chi connectivity index (χ4n) is 2.88. The molecule has 182 valence electrons. The molecule has 0 saturated carbocycles. The van der Waals surface area contributed by atoms with Crippen molar-refractivity contribution in [2.75, 3.05) is 25.1 Å². The topological polar surface area (TPSA) is 118 Å². The van der Waals surface area contributed by atoms with Gasteiger partial charge in [-0.1, -0.05) is 37.3 Å². The maximum Gasteiger partial charge on any atom is 0.329 e. The summed E-state index contributed by atoms with van der Waals surface area (Å²) in [5.74, 6) is -1.55. The number of carbonyl (C=O) groups excluding carboxylic acids is 3. The van der Waals surface area contributed by atoms with Gasteiger partial charge in [-0.15, -0.1) is 0 Å². The Balaban J connectivity index is 1.82.